The van der Waals surface area contributed by atoms with Crippen molar-refractivity contribution in [1.82, 2.24) is 9.78 Å². The highest BCUT2D eigenvalue weighted by atomic mass is 79.9. The molecule has 0 fully saturated rings. The van der Waals surface area contributed by atoms with Gasteiger partial charge in [0.25, 0.3) is 0 Å². The van der Waals surface area contributed by atoms with Gasteiger partial charge >= 0.3 is 6.18 Å². The number of aromatic nitrogens is 2. The van der Waals surface area contributed by atoms with Crippen LogP contribution in [-0.4, -0.2) is 16.0 Å². The monoisotopic (exact) mass is 345 g/mol. The molecule has 2 unspecified atom stereocenters. The molecule has 0 bridgehead atoms. The van der Waals surface area contributed by atoms with E-state index < -0.39 is 12.2 Å². The number of benzene rings is 1. The van der Waals surface area contributed by atoms with Crippen molar-refractivity contribution < 1.29 is 13.2 Å². The number of fused-ring (bicyclic) bond motifs is 1. The van der Waals surface area contributed by atoms with E-state index in [-0.39, 0.29) is 12.5 Å². The topological polar surface area (TPSA) is 29.9 Å². The van der Waals surface area contributed by atoms with Crippen LogP contribution in [0.3, 0.4) is 0 Å². The van der Waals surface area contributed by atoms with E-state index in [0.717, 1.165) is 14.7 Å². The molecular formula is C13H11BrF3N3. The molecule has 2 heterocycles. The van der Waals surface area contributed by atoms with Crippen molar-refractivity contribution in [3.8, 4) is 0 Å². The number of nitrogens with zero attached hydrogens (tertiary/aromatic N) is 2. The van der Waals surface area contributed by atoms with Crippen LogP contribution in [-0.2, 0) is 0 Å². The van der Waals surface area contributed by atoms with Crippen molar-refractivity contribution in [1.29, 1.82) is 0 Å². The van der Waals surface area contributed by atoms with Gasteiger partial charge in [-0.15, -0.1) is 0 Å². The quantitative estimate of drug-likeness (QED) is 0.834. The Labute approximate surface area is 121 Å². The number of rotatable bonds is 1. The Hall–Kier alpha value is -1.50. The van der Waals surface area contributed by atoms with Crippen LogP contribution >= 0.6 is 15.9 Å². The van der Waals surface area contributed by atoms with Crippen LogP contribution in [0.4, 0.5) is 19.0 Å². The smallest absolute Gasteiger partial charge is 0.363 e. The summed E-state index contributed by atoms with van der Waals surface area (Å²) in [7, 11) is 0. The Bertz CT molecular complexity index is 606. The molecule has 1 aromatic carbocycles. The molecule has 0 radical (unpaired) electrons. The second-order valence-electron chi connectivity index (χ2n) is 4.70. The zero-order valence-corrected chi connectivity index (χ0v) is 11.8. The van der Waals surface area contributed by atoms with Crippen molar-refractivity contribution >= 4 is 21.7 Å². The molecule has 1 aromatic heterocycles. The Morgan fingerprint density at radius 3 is 2.55 bits per heavy atom. The maximum atomic E-state index is 13.2. The fraction of sp³-hybridized carbons (Fsp3) is 0.308. The van der Waals surface area contributed by atoms with Crippen LogP contribution < -0.4 is 5.32 Å². The van der Waals surface area contributed by atoms with Crippen molar-refractivity contribution in [2.45, 2.75) is 24.7 Å². The predicted molar refractivity (Wildman–Crippen MR) is 72.4 cm³/mol. The molecular weight excluding hydrogens is 335 g/mol. The molecule has 0 saturated heterocycles. The van der Waals surface area contributed by atoms with Gasteiger partial charge in [0, 0.05) is 17.0 Å². The molecule has 3 rings (SSSR count). The molecule has 0 spiro atoms. The minimum Gasteiger partial charge on any atom is -0.363 e. The number of nitrogens with one attached hydrogen (secondary N) is 1. The molecule has 7 heteroatoms. The van der Waals surface area contributed by atoms with Crippen LogP contribution in [0, 0.1) is 0 Å². The van der Waals surface area contributed by atoms with E-state index in [1.165, 1.54) is 6.20 Å². The summed E-state index contributed by atoms with van der Waals surface area (Å²) in [5.41, 5.74) is 0.829. The van der Waals surface area contributed by atoms with Crippen LogP contribution in [0.15, 0.2) is 41.0 Å². The lowest BCUT2D eigenvalue weighted by Crippen LogP contribution is -2.35. The predicted octanol–water partition coefficient (Wildman–Crippen LogP) is 4.31. The highest BCUT2D eigenvalue weighted by Gasteiger charge is 2.46. The zero-order chi connectivity index (χ0) is 14.3. The number of alkyl halides is 3. The molecule has 1 N–H and O–H groups in total. The summed E-state index contributed by atoms with van der Waals surface area (Å²) in [5, 5.41) is 6.87. The third kappa shape index (κ3) is 2.42. The van der Waals surface area contributed by atoms with Gasteiger partial charge in [0.05, 0.1) is 12.2 Å². The standard InChI is InChI=1S/C13H11BrF3N3/c14-9-3-1-8(2-4-9)10-7-11(13(15,16)17)20-12(19-10)5-6-18-20/h1-6,10-11,19H,7H2. The minimum atomic E-state index is -4.31. The van der Waals surface area contributed by atoms with E-state index in [9.17, 15) is 13.2 Å². The summed E-state index contributed by atoms with van der Waals surface area (Å²) in [5.74, 6) is 0.395. The van der Waals surface area contributed by atoms with Crippen molar-refractivity contribution in [2.75, 3.05) is 5.32 Å². The van der Waals surface area contributed by atoms with Gasteiger partial charge in [0.15, 0.2) is 6.04 Å². The van der Waals surface area contributed by atoms with E-state index in [1.54, 1.807) is 6.07 Å². The summed E-state index contributed by atoms with van der Waals surface area (Å²) in [6.07, 6.45) is -3.00. The third-order valence-electron chi connectivity index (χ3n) is 3.40. The number of hydrogen-bond donors (Lipinski definition) is 1. The fourth-order valence-corrected chi connectivity index (χ4v) is 2.69. The number of hydrogen-bond acceptors (Lipinski definition) is 2. The average Bonchev–Trinajstić information content (AvgIpc) is 2.85. The van der Waals surface area contributed by atoms with Crippen molar-refractivity contribution in [3.63, 3.8) is 0 Å². The van der Waals surface area contributed by atoms with Gasteiger partial charge in [-0.1, -0.05) is 28.1 Å². The molecule has 1 aliphatic heterocycles. The SMILES string of the molecule is FC(F)(F)C1CC(c2ccc(Br)cc2)Nc2ccnn21. The minimum absolute atomic E-state index is 0.0696. The lowest BCUT2D eigenvalue weighted by atomic mass is 9.97. The van der Waals surface area contributed by atoms with E-state index in [4.69, 9.17) is 0 Å². The van der Waals surface area contributed by atoms with Crippen molar-refractivity contribution in [3.05, 3.63) is 46.6 Å². The van der Waals surface area contributed by atoms with E-state index >= 15 is 0 Å². The largest absolute Gasteiger partial charge is 0.410 e. The first-order valence-electron chi connectivity index (χ1n) is 6.07. The Morgan fingerprint density at radius 1 is 1.20 bits per heavy atom. The lowest BCUT2D eigenvalue weighted by molar-refractivity contribution is -0.173. The Balaban J connectivity index is 1.95. The molecule has 3 nitrogen and oxygen atoms in total. The van der Waals surface area contributed by atoms with Gasteiger partial charge in [0.2, 0.25) is 0 Å². The highest BCUT2D eigenvalue weighted by Crippen LogP contribution is 2.43. The summed E-state index contributed by atoms with van der Waals surface area (Å²) >= 11 is 3.32. The van der Waals surface area contributed by atoms with Gasteiger partial charge in [-0.3, -0.25) is 0 Å². The molecule has 2 aromatic rings. The second-order valence-corrected chi connectivity index (χ2v) is 5.62. The van der Waals surface area contributed by atoms with Gasteiger partial charge in [0.1, 0.15) is 5.82 Å². The Morgan fingerprint density at radius 2 is 1.90 bits per heavy atom. The zero-order valence-electron chi connectivity index (χ0n) is 10.2. The lowest BCUT2D eigenvalue weighted by Gasteiger charge is -2.33. The summed E-state index contributed by atoms with van der Waals surface area (Å²) in [6, 6.07) is 6.88. The molecule has 0 saturated carbocycles. The highest BCUT2D eigenvalue weighted by molar-refractivity contribution is 9.10. The van der Waals surface area contributed by atoms with Gasteiger partial charge in [-0.25, -0.2) is 4.68 Å². The van der Waals surface area contributed by atoms with Gasteiger partial charge < -0.3 is 5.32 Å². The molecule has 0 amide bonds. The van der Waals surface area contributed by atoms with E-state index in [1.807, 2.05) is 24.3 Å². The summed E-state index contributed by atoms with van der Waals surface area (Å²) in [4.78, 5) is 0. The van der Waals surface area contributed by atoms with Gasteiger partial charge in [-0.2, -0.15) is 18.3 Å². The van der Waals surface area contributed by atoms with Crippen LogP contribution in [0.25, 0.3) is 0 Å². The first-order chi connectivity index (χ1) is 9.45. The maximum absolute atomic E-state index is 13.2. The van der Waals surface area contributed by atoms with Crippen molar-refractivity contribution in [2.24, 2.45) is 0 Å². The summed E-state index contributed by atoms with van der Waals surface area (Å²) < 4.78 is 41.4. The molecule has 1 aliphatic rings. The maximum Gasteiger partial charge on any atom is 0.410 e. The van der Waals surface area contributed by atoms with E-state index in [2.05, 4.69) is 26.3 Å². The van der Waals surface area contributed by atoms with Crippen LogP contribution in [0.5, 0.6) is 0 Å². The number of halogens is 4. The molecule has 2 atom stereocenters. The van der Waals surface area contributed by atoms with Gasteiger partial charge in [-0.05, 0) is 17.7 Å². The third-order valence-corrected chi connectivity index (χ3v) is 3.93. The van der Waals surface area contributed by atoms with Crippen LogP contribution in [0.2, 0.25) is 0 Å². The normalized spacial score (nSPS) is 22.2. The fourth-order valence-electron chi connectivity index (χ4n) is 2.42. The molecule has 20 heavy (non-hydrogen) atoms. The van der Waals surface area contributed by atoms with Crippen LogP contribution in [0.1, 0.15) is 24.1 Å². The average molecular weight is 346 g/mol. The first-order valence-corrected chi connectivity index (χ1v) is 6.86. The Kier molecular flexibility index (Phi) is 3.24. The first kappa shape index (κ1) is 13.5. The summed E-state index contributed by atoms with van der Waals surface area (Å²) in [6.45, 7) is 0. The number of anilines is 1. The molecule has 106 valence electrons. The second kappa shape index (κ2) is 4.80. The van der Waals surface area contributed by atoms with E-state index in [0.29, 0.717) is 5.82 Å². The molecule has 0 aliphatic carbocycles.